The van der Waals surface area contributed by atoms with Gasteiger partial charge < -0.3 is 23.6 Å². The molecule has 0 spiro atoms. The van der Waals surface area contributed by atoms with Crippen LogP contribution in [-0.4, -0.2) is 23.9 Å². The summed E-state index contributed by atoms with van der Waals surface area (Å²) in [6.07, 6.45) is 0. The second-order valence-corrected chi connectivity index (χ2v) is 7.77. The molecule has 0 amide bonds. The number of nitrogens with zero attached hydrogens (tertiary/aromatic N) is 2. The summed E-state index contributed by atoms with van der Waals surface area (Å²) in [5.74, 6) is 0.990. The Morgan fingerprint density at radius 2 is 1.65 bits per heavy atom. The fourth-order valence-electron chi connectivity index (χ4n) is 4.19. The molecule has 0 fully saturated rings. The Bertz CT molecular complexity index is 1620. The Balaban J connectivity index is 1.70. The molecule has 1 N–H and O–H groups in total. The number of nitroso groups, excluding NO2 is 1. The van der Waals surface area contributed by atoms with Crippen LogP contribution in [0.2, 0.25) is 0 Å². The summed E-state index contributed by atoms with van der Waals surface area (Å²) in [5.41, 5.74) is 2.77. The first kappa shape index (κ1) is 21.3. The van der Waals surface area contributed by atoms with Gasteiger partial charge in [0.15, 0.2) is 5.69 Å². The molecule has 3 aromatic carbocycles. The van der Waals surface area contributed by atoms with E-state index in [2.05, 4.69) is 5.18 Å². The van der Waals surface area contributed by atoms with E-state index in [1.54, 1.807) is 35.9 Å². The van der Waals surface area contributed by atoms with Gasteiger partial charge in [-0.25, -0.2) is 4.79 Å². The van der Waals surface area contributed by atoms with Gasteiger partial charge in [0.2, 0.25) is 5.88 Å². The van der Waals surface area contributed by atoms with Crippen LogP contribution in [0, 0.1) is 4.91 Å². The van der Waals surface area contributed by atoms with Gasteiger partial charge in [0, 0.05) is 22.9 Å². The summed E-state index contributed by atoms with van der Waals surface area (Å²) in [6.45, 7) is 0.119. The van der Waals surface area contributed by atoms with Crippen molar-refractivity contribution in [2.75, 3.05) is 14.2 Å². The van der Waals surface area contributed by atoms with Crippen molar-refractivity contribution in [3.05, 3.63) is 87.6 Å². The number of fused-ring (bicyclic) bond motifs is 2. The van der Waals surface area contributed by atoms with Gasteiger partial charge in [0.1, 0.15) is 17.1 Å². The maximum Gasteiger partial charge on any atom is 0.336 e. The maximum atomic E-state index is 12.2. The predicted octanol–water partition coefficient (Wildman–Crippen LogP) is 5.58. The van der Waals surface area contributed by atoms with Gasteiger partial charge in [-0.2, -0.15) is 0 Å². The SMILES string of the molecule is COc1cccc(-c2ccc3c(N=O)c(O)n(Cc4cc(=O)oc5cc(OC)ccc45)c3c2)c1. The minimum absolute atomic E-state index is 0.0545. The van der Waals surface area contributed by atoms with Crippen molar-refractivity contribution in [1.29, 1.82) is 0 Å². The normalized spacial score (nSPS) is 11.1. The van der Waals surface area contributed by atoms with Crippen molar-refractivity contribution in [1.82, 2.24) is 4.57 Å². The molecule has 0 saturated heterocycles. The molecular formula is C26H20N2O6. The molecule has 0 radical (unpaired) electrons. The summed E-state index contributed by atoms with van der Waals surface area (Å²) in [7, 11) is 3.13. The molecule has 2 aromatic heterocycles. The van der Waals surface area contributed by atoms with Crippen LogP contribution in [0.1, 0.15) is 5.56 Å². The summed E-state index contributed by atoms with van der Waals surface area (Å²) in [6, 6.07) is 19.6. The first-order chi connectivity index (χ1) is 16.5. The van der Waals surface area contributed by atoms with Gasteiger partial charge in [0.05, 0.1) is 26.3 Å². The first-order valence-corrected chi connectivity index (χ1v) is 10.5. The van der Waals surface area contributed by atoms with E-state index in [0.717, 1.165) is 11.1 Å². The number of hydrogen-bond donors (Lipinski definition) is 1. The van der Waals surface area contributed by atoms with Gasteiger partial charge in [0.25, 0.3) is 0 Å². The molecule has 0 aliphatic rings. The molecule has 8 nitrogen and oxygen atoms in total. The van der Waals surface area contributed by atoms with Crippen molar-refractivity contribution in [3.63, 3.8) is 0 Å². The highest BCUT2D eigenvalue weighted by Gasteiger charge is 2.20. The molecule has 0 unspecified atom stereocenters. The second-order valence-electron chi connectivity index (χ2n) is 7.77. The molecule has 2 heterocycles. The first-order valence-electron chi connectivity index (χ1n) is 10.5. The molecule has 170 valence electrons. The highest BCUT2D eigenvalue weighted by atomic mass is 16.5. The van der Waals surface area contributed by atoms with Crippen LogP contribution in [-0.2, 0) is 6.54 Å². The molecule has 0 bridgehead atoms. The highest BCUT2D eigenvalue weighted by molar-refractivity contribution is 5.97. The third kappa shape index (κ3) is 3.55. The van der Waals surface area contributed by atoms with Crippen LogP contribution in [0.5, 0.6) is 17.4 Å². The Morgan fingerprint density at radius 1 is 0.912 bits per heavy atom. The van der Waals surface area contributed by atoms with Gasteiger partial charge in [-0.15, -0.1) is 4.91 Å². The lowest BCUT2D eigenvalue weighted by Gasteiger charge is -2.11. The fourth-order valence-corrected chi connectivity index (χ4v) is 4.19. The zero-order chi connectivity index (χ0) is 23.8. The summed E-state index contributed by atoms with van der Waals surface area (Å²) in [4.78, 5) is 23.8. The lowest BCUT2D eigenvalue weighted by molar-refractivity contribution is 0.414. The number of ether oxygens (including phenoxy) is 2. The summed E-state index contributed by atoms with van der Waals surface area (Å²) < 4.78 is 17.5. The van der Waals surface area contributed by atoms with Gasteiger partial charge in [-0.1, -0.05) is 18.2 Å². The number of aromatic nitrogens is 1. The summed E-state index contributed by atoms with van der Waals surface area (Å²) >= 11 is 0. The monoisotopic (exact) mass is 456 g/mol. The number of benzene rings is 3. The quantitative estimate of drug-likeness (QED) is 0.264. The molecule has 5 aromatic rings. The zero-order valence-corrected chi connectivity index (χ0v) is 18.4. The molecule has 8 heteroatoms. The second kappa shape index (κ2) is 8.40. The molecular weight excluding hydrogens is 436 g/mol. The van der Waals surface area contributed by atoms with Gasteiger partial charge >= 0.3 is 5.63 Å². The average molecular weight is 456 g/mol. The molecule has 0 aliphatic heterocycles. The van der Waals surface area contributed by atoms with Crippen LogP contribution in [0.3, 0.4) is 0 Å². The van der Waals surface area contributed by atoms with Crippen LogP contribution >= 0.6 is 0 Å². The Labute approximate surface area is 193 Å². The summed E-state index contributed by atoms with van der Waals surface area (Å²) in [5, 5.41) is 15.1. The van der Waals surface area contributed by atoms with E-state index in [9.17, 15) is 14.8 Å². The number of aromatic hydroxyl groups is 1. The highest BCUT2D eigenvalue weighted by Crippen LogP contribution is 2.41. The average Bonchev–Trinajstić information content (AvgIpc) is 3.13. The third-order valence-corrected chi connectivity index (χ3v) is 5.87. The van der Waals surface area contributed by atoms with E-state index in [0.29, 0.717) is 38.9 Å². The Kier molecular flexibility index (Phi) is 5.25. The molecule has 34 heavy (non-hydrogen) atoms. The smallest absolute Gasteiger partial charge is 0.336 e. The van der Waals surface area contributed by atoms with Gasteiger partial charge in [-0.3, -0.25) is 0 Å². The van der Waals surface area contributed by atoms with E-state index in [1.807, 2.05) is 36.4 Å². The zero-order valence-electron chi connectivity index (χ0n) is 18.4. The van der Waals surface area contributed by atoms with Crippen molar-refractivity contribution in [2.24, 2.45) is 5.18 Å². The van der Waals surface area contributed by atoms with Crippen LogP contribution in [0.25, 0.3) is 33.0 Å². The van der Waals surface area contributed by atoms with Crippen molar-refractivity contribution < 1.29 is 19.0 Å². The molecule has 0 saturated carbocycles. The van der Waals surface area contributed by atoms with E-state index in [-0.39, 0.29) is 18.1 Å². The standard InChI is InChI=1S/C26H20N2O6/c1-32-18-5-3-4-15(10-18)16-6-8-21-22(11-16)28(26(30)25(21)27-31)14-17-12-24(29)34-23-13-19(33-2)7-9-20(17)23/h3-13,30H,14H2,1-2H3. The van der Waals surface area contributed by atoms with Crippen molar-refractivity contribution >= 4 is 27.6 Å². The van der Waals surface area contributed by atoms with Crippen LogP contribution in [0.4, 0.5) is 5.69 Å². The maximum absolute atomic E-state index is 12.2. The molecule has 5 rings (SSSR count). The van der Waals surface area contributed by atoms with Gasteiger partial charge in [-0.05, 0) is 58.3 Å². The van der Waals surface area contributed by atoms with Crippen LogP contribution in [0.15, 0.2) is 81.1 Å². The van der Waals surface area contributed by atoms with Crippen molar-refractivity contribution in [3.8, 4) is 28.5 Å². The topological polar surface area (TPSA) is 103 Å². The largest absolute Gasteiger partial charge is 0.497 e. The van der Waals surface area contributed by atoms with Crippen LogP contribution < -0.4 is 15.1 Å². The Hall–Kier alpha value is -4.59. The minimum atomic E-state index is -0.530. The van der Waals surface area contributed by atoms with E-state index in [1.165, 1.54) is 13.2 Å². The van der Waals surface area contributed by atoms with E-state index in [4.69, 9.17) is 13.9 Å². The number of hydrogen-bond acceptors (Lipinski definition) is 7. The molecule has 0 atom stereocenters. The molecule has 0 aliphatic carbocycles. The third-order valence-electron chi connectivity index (χ3n) is 5.87. The fraction of sp³-hybridized carbons (Fsp3) is 0.115. The Morgan fingerprint density at radius 3 is 2.41 bits per heavy atom. The predicted molar refractivity (Wildman–Crippen MR) is 129 cm³/mol. The lowest BCUT2D eigenvalue weighted by Crippen LogP contribution is -2.05. The lowest BCUT2D eigenvalue weighted by atomic mass is 10.0. The van der Waals surface area contributed by atoms with Crippen molar-refractivity contribution in [2.45, 2.75) is 6.54 Å². The van der Waals surface area contributed by atoms with E-state index < -0.39 is 5.63 Å². The minimum Gasteiger partial charge on any atom is -0.497 e. The number of methoxy groups -OCH3 is 2. The van der Waals surface area contributed by atoms with E-state index >= 15 is 0 Å². The number of rotatable bonds is 6.